The molecule has 28 heavy (non-hydrogen) atoms. The molecule has 0 bridgehead atoms. The fraction of sp³-hybridized carbons (Fsp3) is 0.545. The number of Topliss-reactive ketones (excluding diaryl/α,β-unsaturated/α-hetero) is 1. The molecule has 2 atom stereocenters. The molecule has 0 spiro atoms. The monoisotopic (exact) mass is 400 g/mol. The van der Waals surface area contributed by atoms with Gasteiger partial charge in [-0.1, -0.05) is 26.8 Å². The molecule has 2 aliphatic rings. The number of allylic oxidation sites excluding steroid dienone is 2. The van der Waals surface area contributed by atoms with Crippen LogP contribution in [-0.4, -0.2) is 40.6 Å². The number of nitrogens with zero attached hydrogens (tertiary/aromatic N) is 2. The minimum absolute atomic E-state index is 0.0671. The second-order valence-corrected chi connectivity index (χ2v) is 9.52. The maximum absolute atomic E-state index is 13.1. The second-order valence-electron chi connectivity index (χ2n) is 8.13. The molecule has 1 aliphatic heterocycles. The molecule has 150 valence electrons. The molecular weight excluding hydrogens is 372 g/mol. The number of thioether (sulfide) groups is 1. The van der Waals surface area contributed by atoms with Gasteiger partial charge < -0.3 is 4.74 Å². The first-order valence-electron chi connectivity index (χ1n) is 9.81. The number of aromatic nitrogens is 1. The molecular formula is C22H28N2O3S. The number of ketones is 1. The van der Waals surface area contributed by atoms with Crippen LogP contribution >= 0.6 is 11.8 Å². The average Bonchev–Trinajstić information content (AvgIpc) is 2.63. The molecule has 1 aromatic heterocycles. The molecule has 0 saturated heterocycles. The van der Waals surface area contributed by atoms with Crippen molar-refractivity contribution < 1.29 is 14.3 Å². The molecule has 3 rings (SSSR count). The molecule has 2 heterocycles. The Bertz CT molecular complexity index is 814. The summed E-state index contributed by atoms with van der Waals surface area (Å²) in [4.78, 5) is 35.3. The largest absolute Gasteiger partial charge is 0.464 e. The van der Waals surface area contributed by atoms with Crippen molar-refractivity contribution in [1.82, 2.24) is 4.98 Å². The Morgan fingerprint density at radius 2 is 2.11 bits per heavy atom. The topological polar surface area (TPSA) is 68.6 Å². The van der Waals surface area contributed by atoms with Gasteiger partial charge in [0.1, 0.15) is 12.5 Å². The van der Waals surface area contributed by atoms with Gasteiger partial charge in [0, 0.05) is 41.0 Å². The van der Waals surface area contributed by atoms with Crippen molar-refractivity contribution in [3.63, 3.8) is 0 Å². The van der Waals surface area contributed by atoms with E-state index in [4.69, 9.17) is 9.73 Å². The maximum atomic E-state index is 13.1. The molecule has 0 N–H and O–H groups in total. The molecule has 1 aromatic rings. The highest BCUT2D eigenvalue weighted by Gasteiger charge is 2.46. The van der Waals surface area contributed by atoms with Crippen LogP contribution < -0.4 is 0 Å². The molecule has 0 saturated carbocycles. The summed E-state index contributed by atoms with van der Waals surface area (Å²) in [6.45, 7) is 8.47. The number of rotatable bonds is 6. The molecule has 0 fully saturated rings. The first-order valence-corrected chi connectivity index (χ1v) is 11.0. The summed E-state index contributed by atoms with van der Waals surface area (Å²) in [5.74, 6) is 0.461. The first-order chi connectivity index (χ1) is 13.3. The number of hydrogen-bond donors (Lipinski definition) is 0. The number of esters is 1. The van der Waals surface area contributed by atoms with Crippen LogP contribution in [0.5, 0.6) is 0 Å². The van der Waals surface area contributed by atoms with Crippen molar-refractivity contribution in [2.45, 2.75) is 46.5 Å². The van der Waals surface area contributed by atoms with Crippen LogP contribution in [0.3, 0.4) is 0 Å². The fourth-order valence-corrected chi connectivity index (χ4v) is 4.56. The van der Waals surface area contributed by atoms with Crippen LogP contribution in [0.1, 0.15) is 52.1 Å². The highest BCUT2D eigenvalue weighted by molar-refractivity contribution is 7.99. The SMILES string of the molecule is CCSCCOC(=O)C1C(C)=NC2=C(C(=O)CC(C)(C)C2)[C@H]1c1ccccn1. The molecule has 0 aromatic carbocycles. The van der Waals surface area contributed by atoms with Crippen LogP contribution in [-0.2, 0) is 14.3 Å². The molecule has 1 aliphatic carbocycles. The lowest BCUT2D eigenvalue weighted by Gasteiger charge is -2.38. The third kappa shape index (κ3) is 4.37. The summed E-state index contributed by atoms with van der Waals surface area (Å²) >= 11 is 1.73. The van der Waals surface area contributed by atoms with E-state index >= 15 is 0 Å². The standard InChI is InChI=1S/C22H28N2O3S/c1-5-28-11-10-27-21(26)18-14(2)24-16-12-22(3,4)13-17(25)19(16)20(18)15-8-6-7-9-23-15/h6-9,18,20H,5,10-13H2,1-4H3/t18?,20-/m0/s1. The number of ether oxygens (including phenoxy) is 1. The zero-order chi connectivity index (χ0) is 20.3. The number of hydrogen-bond acceptors (Lipinski definition) is 6. The Labute approximate surface area is 171 Å². The van der Waals surface area contributed by atoms with Crippen molar-refractivity contribution in [3.8, 4) is 0 Å². The van der Waals surface area contributed by atoms with Crippen molar-refractivity contribution in [1.29, 1.82) is 0 Å². The zero-order valence-electron chi connectivity index (χ0n) is 17.0. The summed E-state index contributed by atoms with van der Waals surface area (Å²) in [5.41, 5.74) is 2.75. The molecule has 1 unspecified atom stereocenters. The van der Waals surface area contributed by atoms with Gasteiger partial charge in [-0.15, -0.1) is 0 Å². The van der Waals surface area contributed by atoms with E-state index in [0.717, 1.165) is 29.3 Å². The Morgan fingerprint density at radius 3 is 2.79 bits per heavy atom. The summed E-state index contributed by atoms with van der Waals surface area (Å²) in [6.07, 6.45) is 2.89. The Balaban J connectivity index is 1.99. The average molecular weight is 401 g/mol. The number of carbonyl (C=O) groups is 2. The predicted octanol–water partition coefficient (Wildman–Crippen LogP) is 4.20. The number of aliphatic imine (C=N–C) groups is 1. The van der Waals surface area contributed by atoms with Gasteiger partial charge in [-0.05, 0) is 36.6 Å². The van der Waals surface area contributed by atoms with Crippen molar-refractivity contribution >= 4 is 29.2 Å². The Kier molecular flexibility index (Phi) is 6.38. The van der Waals surface area contributed by atoms with Gasteiger partial charge in [0.2, 0.25) is 0 Å². The van der Waals surface area contributed by atoms with E-state index in [9.17, 15) is 9.59 Å². The van der Waals surface area contributed by atoms with Gasteiger partial charge in [0.05, 0.1) is 5.92 Å². The Morgan fingerprint density at radius 1 is 1.32 bits per heavy atom. The van der Waals surface area contributed by atoms with Gasteiger partial charge in [-0.2, -0.15) is 11.8 Å². The van der Waals surface area contributed by atoms with Gasteiger partial charge >= 0.3 is 5.97 Å². The quantitative estimate of drug-likeness (QED) is 0.529. The number of carbonyl (C=O) groups excluding carboxylic acids is 2. The highest BCUT2D eigenvalue weighted by atomic mass is 32.2. The van der Waals surface area contributed by atoms with Crippen molar-refractivity contribution in [2.24, 2.45) is 16.3 Å². The van der Waals surface area contributed by atoms with Crippen molar-refractivity contribution in [2.75, 3.05) is 18.1 Å². The highest BCUT2D eigenvalue weighted by Crippen LogP contribution is 2.47. The van der Waals surface area contributed by atoms with Crippen LogP contribution in [0.2, 0.25) is 0 Å². The minimum atomic E-state index is -0.606. The smallest absolute Gasteiger partial charge is 0.315 e. The lowest BCUT2D eigenvalue weighted by atomic mass is 9.67. The van der Waals surface area contributed by atoms with Gasteiger partial charge in [-0.3, -0.25) is 19.6 Å². The summed E-state index contributed by atoms with van der Waals surface area (Å²) < 4.78 is 5.56. The second kappa shape index (κ2) is 8.60. The lowest BCUT2D eigenvalue weighted by Crippen LogP contribution is -2.40. The minimum Gasteiger partial charge on any atom is -0.464 e. The van der Waals surface area contributed by atoms with Crippen LogP contribution in [0.25, 0.3) is 0 Å². The lowest BCUT2D eigenvalue weighted by molar-refractivity contribution is -0.146. The van der Waals surface area contributed by atoms with Crippen LogP contribution in [0.4, 0.5) is 0 Å². The van der Waals surface area contributed by atoms with E-state index in [1.54, 1.807) is 18.0 Å². The van der Waals surface area contributed by atoms with Gasteiger partial charge in [-0.25, -0.2) is 0 Å². The number of pyridine rings is 1. The van der Waals surface area contributed by atoms with E-state index in [1.807, 2.05) is 25.1 Å². The van der Waals surface area contributed by atoms with E-state index in [1.165, 1.54) is 0 Å². The zero-order valence-corrected chi connectivity index (χ0v) is 17.8. The van der Waals surface area contributed by atoms with E-state index in [0.29, 0.717) is 24.3 Å². The normalized spacial score (nSPS) is 23.9. The Hall–Kier alpha value is -1.95. The van der Waals surface area contributed by atoms with E-state index < -0.39 is 11.8 Å². The molecule has 6 heteroatoms. The maximum Gasteiger partial charge on any atom is 0.315 e. The summed E-state index contributed by atoms with van der Waals surface area (Å²) in [6, 6.07) is 5.61. The fourth-order valence-electron chi connectivity index (χ4n) is 4.07. The first kappa shape index (κ1) is 20.8. The van der Waals surface area contributed by atoms with E-state index in [-0.39, 0.29) is 17.2 Å². The molecule has 0 radical (unpaired) electrons. The van der Waals surface area contributed by atoms with Crippen LogP contribution in [0, 0.1) is 11.3 Å². The predicted molar refractivity (Wildman–Crippen MR) is 113 cm³/mol. The third-order valence-electron chi connectivity index (χ3n) is 5.24. The van der Waals surface area contributed by atoms with Crippen molar-refractivity contribution in [3.05, 3.63) is 41.4 Å². The molecule has 5 nitrogen and oxygen atoms in total. The van der Waals surface area contributed by atoms with E-state index in [2.05, 4.69) is 25.8 Å². The van der Waals surface area contributed by atoms with Crippen LogP contribution in [0.15, 0.2) is 40.7 Å². The summed E-state index contributed by atoms with van der Waals surface area (Å²) in [5, 5.41) is 0. The third-order valence-corrected chi connectivity index (χ3v) is 6.10. The van der Waals surface area contributed by atoms with Gasteiger partial charge in [0.15, 0.2) is 5.78 Å². The van der Waals surface area contributed by atoms with Gasteiger partial charge in [0.25, 0.3) is 0 Å². The summed E-state index contributed by atoms with van der Waals surface area (Å²) in [7, 11) is 0. The molecule has 0 amide bonds.